The van der Waals surface area contributed by atoms with Crippen molar-refractivity contribution >= 4 is 27.3 Å². The van der Waals surface area contributed by atoms with Crippen molar-refractivity contribution in [2.24, 2.45) is 0 Å². The largest absolute Gasteiger partial charge is 0.352 e. The fourth-order valence-corrected chi connectivity index (χ4v) is 4.64. The van der Waals surface area contributed by atoms with Crippen molar-refractivity contribution in [2.75, 3.05) is 10.6 Å². The fourth-order valence-electron chi connectivity index (χ4n) is 3.47. The van der Waals surface area contributed by atoms with Crippen LogP contribution in [-0.4, -0.2) is 37.6 Å². The van der Waals surface area contributed by atoms with Gasteiger partial charge < -0.3 is 5.32 Å². The molecule has 9 heteroatoms. The number of hydrogen-bond acceptors (Lipinski definition) is 5. The van der Waals surface area contributed by atoms with E-state index < -0.39 is 26.9 Å². The molecule has 0 aromatic heterocycles. The number of carbonyl (C=O) groups excluding carboxylic acids is 1. The number of non-ortho nitro benzene ring substituents is 1. The van der Waals surface area contributed by atoms with E-state index in [4.69, 9.17) is 0 Å². The Morgan fingerprint density at radius 1 is 1.22 bits per heavy atom. The average Bonchev–Trinajstić information content (AvgIpc) is 2.56. The molecule has 150 valence electrons. The van der Waals surface area contributed by atoms with E-state index in [2.05, 4.69) is 5.32 Å². The van der Waals surface area contributed by atoms with Gasteiger partial charge in [-0.25, -0.2) is 8.42 Å². The predicted octanol–water partition coefficient (Wildman–Crippen LogP) is 2.98. The third kappa shape index (κ3) is 5.92. The van der Waals surface area contributed by atoms with Crippen molar-refractivity contribution in [1.29, 1.82) is 0 Å². The average molecular weight is 397 g/mol. The minimum Gasteiger partial charge on any atom is -0.352 e. The lowest BCUT2D eigenvalue weighted by atomic mass is 9.96. The Balaban J connectivity index is 2.21. The number of carbonyl (C=O) groups is 1. The second kappa shape index (κ2) is 9.16. The molecule has 0 spiro atoms. The lowest BCUT2D eigenvalue weighted by molar-refractivity contribution is -0.384. The van der Waals surface area contributed by atoms with Crippen molar-refractivity contribution in [3.05, 3.63) is 34.4 Å². The van der Waals surface area contributed by atoms with Crippen LogP contribution in [0.15, 0.2) is 24.3 Å². The maximum atomic E-state index is 12.7. The van der Waals surface area contributed by atoms with Crippen LogP contribution in [0, 0.1) is 10.1 Å². The third-order valence-electron chi connectivity index (χ3n) is 4.84. The molecule has 1 amide bonds. The molecule has 1 aliphatic rings. The standard InChI is InChI=1S/C18H27N3O5S/c1-14(18(22)19-15-9-6-4-3-5-7-10-15)20(27(2,25)26)16-11-8-12-17(13-16)21(23)24/h8,11-15H,3-7,9-10H2,1-2H3,(H,19,22)/t14-/m0/s1. The summed E-state index contributed by atoms with van der Waals surface area (Å²) in [5.41, 5.74) is -0.124. The number of sulfonamides is 1. The Hall–Kier alpha value is -2.16. The topological polar surface area (TPSA) is 110 Å². The van der Waals surface area contributed by atoms with Crippen LogP contribution in [0.25, 0.3) is 0 Å². The summed E-state index contributed by atoms with van der Waals surface area (Å²) < 4.78 is 25.6. The van der Waals surface area contributed by atoms with E-state index in [-0.39, 0.29) is 17.4 Å². The smallest absolute Gasteiger partial charge is 0.271 e. The van der Waals surface area contributed by atoms with Gasteiger partial charge in [-0.2, -0.15) is 0 Å². The number of benzene rings is 1. The van der Waals surface area contributed by atoms with Crippen LogP contribution >= 0.6 is 0 Å². The number of nitro groups is 1. The Morgan fingerprint density at radius 2 is 1.81 bits per heavy atom. The summed E-state index contributed by atoms with van der Waals surface area (Å²) in [5.74, 6) is -0.391. The van der Waals surface area contributed by atoms with Crippen molar-refractivity contribution in [3.63, 3.8) is 0 Å². The van der Waals surface area contributed by atoms with E-state index >= 15 is 0 Å². The lowest BCUT2D eigenvalue weighted by Crippen LogP contribution is -2.50. The molecule has 1 N–H and O–H groups in total. The molecule has 0 saturated heterocycles. The van der Waals surface area contributed by atoms with Gasteiger partial charge in [-0.3, -0.25) is 19.2 Å². The molecule has 0 heterocycles. The molecule has 1 aromatic rings. The minimum atomic E-state index is -3.81. The summed E-state index contributed by atoms with van der Waals surface area (Å²) in [6.07, 6.45) is 8.34. The van der Waals surface area contributed by atoms with Crippen molar-refractivity contribution in [1.82, 2.24) is 5.32 Å². The molecule has 1 saturated carbocycles. The van der Waals surface area contributed by atoms with E-state index in [1.165, 1.54) is 37.6 Å². The first kappa shape index (κ1) is 21.1. The summed E-state index contributed by atoms with van der Waals surface area (Å²) in [6.45, 7) is 1.50. The molecule has 2 rings (SSSR count). The van der Waals surface area contributed by atoms with Crippen molar-refractivity contribution < 1.29 is 18.1 Å². The molecule has 1 aliphatic carbocycles. The lowest BCUT2D eigenvalue weighted by Gasteiger charge is -2.30. The number of anilines is 1. The highest BCUT2D eigenvalue weighted by Crippen LogP contribution is 2.25. The molecule has 27 heavy (non-hydrogen) atoms. The first-order chi connectivity index (χ1) is 12.7. The third-order valence-corrected chi connectivity index (χ3v) is 6.08. The molecular formula is C18H27N3O5S. The van der Waals surface area contributed by atoms with Gasteiger partial charge in [0.25, 0.3) is 5.69 Å². The highest BCUT2D eigenvalue weighted by atomic mass is 32.2. The van der Waals surface area contributed by atoms with Crippen LogP contribution in [0.5, 0.6) is 0 Å². The van der Waals surface area contributed by atoms with E-state index in [0.717, 1.165) is 49.1 Å². The Kier molecular flexibility index (Phi) is 7.18. The van der Waals surface area contributed by atoms with Crippen LogP contribution in [0.3, 0.4) is 0 Å². The summed E-state index contributed by atoms with van der Waals surface area (Å²) in [4.78, 5) is 23.2. The molecule has 1 atom stereocenters. The summed E-state index contributed by atoms with van der Waals surface area (Å²) >= 11 is 0. The molecule has 0 unspecified atom stereocenters. The number of hydrogen-bond donors (Lipinski definition) is 1. The van der Waals surface area contributed by atoms with Gasteiger partial charge in [-0.05, 0) is 25.8 Å². The molecular weight excluding hydrogens is 370 g/mol. The Morgan fingerprint density at radius 3 is 2.37 bits per heavy atom. The first-order valence-electron chi connectivity index (χ1n) is 9.24. The zero-order valence-electron chi connectivity index (χ0n) is 15.8. The van der Waals surface area contributed by atoms with Crippen LogP contribution < -0.4 is 9.62 Å². The van der Waals surface area contributed by atoms with E-state index in [0.29, 0.717) is 0 Å². The maximum Gasteiger partial charge on any atom is 0.271 e. The van der Waals surface area contributed by atoms with E-state index in [1.807, 2.05) is 0 Å². The molecule has 1 aromatic carbocycles. The van der Waals surface area contributed by atoms with Gasteiger partial charge in [0.1, 0.15) is 6.04 Å². The zero-order chi connectivity index (χ0) is 20.0. The maximum absolute atomic E-state index is 12.7. The number of nitrogens with one attached hydrogen (secondary N) is 1. The van der Waals surface area contributed by atoms with Crippen molar-refractivity contribution in [2.45, 2.75) is 64.0 Å². The van der Waals surface area contributed by atoms with Gasteiger partial charge in [0.15, 0.2) is 0 Å². The number of rotatable bonds is 6. The van der Waals surface area contributed by atoms with Crippen LogP contribution in [0.2, 0.25) is 0 Å². The number of nitro benzene ring substituents is 1. The fraction of sp³-hybridized carbons (Fsp3) is 0.611. The highest BCUT2D eigenvalue weighted by molar-refractivity contribution is 7.92. The summed E-state index contributed by atoms with van der Waals surface area (Å²) in [5, 5.41) is 14.0. The quantitative estimate of drug-likeness (QED) is 0.586. The molecule has 0 bridgehead atoms. The van der Waals surface area contributed by atoms with Crippen molar-refractivity contribution in [3.8, 4) is 0 Å². The molecule has 1 fully saturated rings. The van der Waals surface area contributed by atoms with Crippen LogP contribution in [-0.2, 0) is 14.8 Å². The monoisotopic (exact) mass is 397 g/mol. The number of amides is 1. The molecule has 8 nitrogen and oxygen atoms in total. The normalized spacial score (nSPS) is 17.4. The van der Waals surface area contributed by atoms with E-state index in [9.17, 15) is 23.3 Å². The SMILES string of the molecule is C[C@@H](C(=O)NC1CCCCCCC1)N(c1cccc([N+](=O)[O-])c1)S(C)(=O)=O. The highest BCUT2D eigenvalue weighted by Gasteiger charge is 2.31. The van der Waals surface area contributed by atoms with Gasteiger partial charge in [0, 0.05) is 18.2 Å². The van der Waals surface area contributed by atoms with E-state index in [1.54, 1.807) is 0 Å². The van der Waals surface area contributed by atoms with Gasteiger partial charge in [0.2, 0.25) is 15.9 Å². The minimum absolute atomic E-state index is 0.0340. The Bertz CT molecular complexity index is 773. The number of nitrogens with zero attached hydrogens (tertiary/aromatic N) is 2. The first-order valence-corrected chi connectivity index (χ1v) is 11.1. The molecule has 0 radical (unpaired) electrons. The van der Waals surface area contributed by atoms with Gasteiger partial charge >= 0.3 is 0 Å². The van der Waals surface area contributed by atoms with Gasteiger partial charge in [-0.15, -0.1) is 0 Å². The van der Waals surface area contributed by atoms with Crippen LogP contribution in [0.1, 0.15) is 51.9 Å². The summed E-state index contributed by atoms with van der Waals surface area (Å²) in [6, 6.07) is 4.34. The van der Waals surface area contributed by atoms with Crippen LogP contribution in [0.4, 0.5) is 11.4 Å². The summed E-state index contributed by atoms with van der Waals surface area (Å²) in [7, 11) is -3.81. The van der Waals surface area contributed by atoms with Gasteiger partial charge in [-0.1, -0.05) is 38.2 Å². The molecule has 0 aliphatic heterocycles. The Labute approximate surface area is 160 Å². The second-order valence-corrected chi connectivity index (χ2v) is 8.92. The predicted molar refractivity (Wildman–Crippen MR) is 104 cm³/mol. The van der Waals surface area contributed by atoms with Gasteiger partial charge in [0.05, 0.1) is 16.9 Å². The zero-order valence-corrected chi connectivity index (χ0v) is 16.6. The second-order valence-electron chi connectivity index (χ2n) is 7.06.